The highest BCUT2D eigenvalue weighted by atomic mass is 79.9. The van der Waals surface area contributed by atoms with Gasteiger partial charge in [-0.15, -0.1) is 0 Å². The molecule has 1 amide bonds. The van der Waals surface area contributed by atoms with E-state index in [1.165, 1.54) is 18.2 Å². The summed E-state index contributed by atoms with van der Waals surface area (Å²) in [6, 6.07) is 10.8. The van der Waals surface area contributed by atoms with Crippen LogP contribution in [0.1, 0.15) is 5.56 Å². The van der Waals surface area contributed by atoms with Crippen molar-refractivity contribution in [3.05, 3.63) is 67.5 Å². The lowest BCUT2D eigenvalue weighted by atomic mass is 10.2. The number of carbonyl (C=O) groups is 2. The molecule has 0 spiro atoms. The van der Waals surface area contributed by atoms with Crippen molar-refractivity contribution < 1.29 is 24.4 Å². The number of amidine groups is 1. The molecule has 2 aromatic carbocycles. The second kappa shape index (κ2) is 8.88. The number of ether oxygens (including phenoxy) is 1. The molecule has 3 rings (SSSR count). The van der Waals surface area contributed by atoms with Crippen molar-refractivity contribution in [2.45, 2.75) is 0 Å². The van der Waals surface area contributed by atoms with Crippen LogP contribution in [0.15, 0.2) is 56.8 Å². The van der Waals surface area contributed by atoms with Gasteiger partial charge < -0.3 is 15.2 Å². The Balaban J connectivity index is 1.83. The zero-order valence-electron chi connectivity index (χ0n) is 14.5. The molecule has 1 heterocycles. The Morgan fingerprint density at radius 3 is 2.79 bits per heavy atom. The number of carboxylic acid groups (broad SMARTS) is 1. The van der Waals surface area contributed by atoms with Crippen LogP contribution in [0.4, 0.5) is 11.4 Å². The molecule has 0 saturated carbocycles. The SMILES string of the molecule is O=C(O)COc1ccccc1/C=C1/SC(=Nc2ccc([N+](=O)[O-])cc2Br)NC1=O. The van der Waals surface area contributed by atoms with Crippen molar-refractivity contribution in [2.75, 3.05) is 6.61 Å². The summed E-state index contributed by atoms with van der Waals surface area (Å²) in [6.45, 7) is -0.500. The molecule has 1 fully saturated rings. The van der Waals surface area contributed by atoms with Crippen molar-refractivity contribution in [1.29, 1.82) is 0 Å². The first-order valence-electron chi connectivity index (χ1n) is 8.00. The molecule has 0 unspecified atom stereocenters. The standard InChI is InChI=1S/C18H12BrN3O6S/c19-12-8-11(22(26)27)5-6-13(12)20-18-21-17(25)15(29-18)7-10-3-1-2-4-14(10)28-9-16(23)24/h1-8H,9H2,(H,23,24)(H,20,21,25)/b15-7+. The topological polar surface area (TPSA) is 131 Å². The minimum atomic E-state index is -1.11. The molecule has 1 aliphatic heterocycles. The number of rotatable bonds is 6. The third-order valence-corrected chi connectivity index (χ3v) is 5.12. The van der Waals surface area contributed by atoms with Gasteiger partial charge >= 0.3 is 5.97 Å². The number of para-hydroxylation sites is 1. The molecule has 1 aliphatic rings. The van der Waals surface area contributed by atoms with Crippen molar-refractivity contribution in [1.82, 2.24) is 5.32 Å². The predicted molar refractivity (Wildman–Crippen MR) is 111 cm³/mol. The fourth-order valence-corrected chi connectivity index (χ4v) is 3.58. The summed E-state index contributed by atoms with van der Waals surface area (Å²) in [5, 5.41) is 22.5. The van der Waals surface area contributed by atoms with Gasteiger partial charge in [0.25, 0.3) is 11.6 Å². The number of hydrogen-bond acceptors (Lipinski definition) is 7. The third kappa shape index (κ3) is 5.21. The van der Waals surface area contributed by atoms with E-state index >= 15 is 0 Å². The Labute approximate surface area is 176 Å². The van der Waals surface area contributed by atoms with Crippen LogP contribution in [0.3, 0.4) is 0 Å². The van der Waals surface area contributed by atoms with Crippen molar-refractivity contribution in [3.63, 3.8) is 0 Å². The Kier molecular flexibility index (Phi) is 6.29. The van der Waals surface area contributed by atoms with Gasteiger partial charge in [-0.3, -0.25) is 14.9 Å². The minimum Gasteiger partial charge on any atom is -0.481 e. The van der Waals surface area contributed by atoms with Gasteiger partial charge in [0.05, 0.1) is 20.0 Å². The molecule has 2 aromatic rings. The number of aliphatic imine (C=N–C) groups is 1. The molecule has 29 heavy (non-hydrogen) atoms. The molecule has 9 nitrogen and oxygen atoms in total. The first-order valence-corrected chi connectivity index (χ1v) is 9.61. The van der Waals surface area contributed by atoms with E-state index in [4.69, 9.17) is 9.84 Å². The summed E-state index contributed by atoms with van der Waals surface area (Å²) in [7, 11) is 0. The summed E-state index contributed by atoms with van der Waals surface area (Å²) >= 11 is 4.32. The third-order valence-electron chi connectivity index (χ3n) is 3.57. The van der Waals surface area contributed by atoms with Gasteiger partial charge in [-0.2, -0.15) is 0 Å². The Bertz CT molecular complexity index is 1070. The molecule has 0 aromatic heterocycles. The van der Waals surface area contributed by atoms with Gasteiger partial charge in [-0.1, -0.05) is 18.2 Å². The summed E-state index contributed by atoms with van der Waals surface area (Å²) in [5.41, 5.74) is 0.886. The number of nitro benzene ring substituents is 1. The molecule has 2 N–H and O–H groups in total. The molecular weight excluding hydrogens is 466 g/mol. The molecule has 148 valence electrons. The number of amides is 1. The number of halogens is 1. The molecule has 0 radical (unpaired) electrons. The Morgan fingerprint density at radius 1 is 1.34 bits per heavy atom. The smallest absolute Gasteiger partial charge is 0.341 e. The van der Waals surface area contributed by atoms with Crippen LogP contribution in [0.25, 0.3) is 6.08 Å². The van der Waals surface area contributed by atoms with Crippen molar-refractivity contribution in [3.8, 4) is 5.75 Å². The molecule has 0 aliphatic carbocycles. The van der Waals surface area contributed by atoms with E-state index in [-0.39, 0.29) is 11.6 Å². The molecular formula is C18H12BrN3O6S. The van der Waals surface area contributed by atoms with Crippen molar-refractivity contribution in [2.24, 2.45) is 4.99 Å². The minimum absolute atomic E-state index is 0.0810. The average Bonchev–Trinajstić information content (AvgIpc) is 3.01. The van der Waals surface area contributed by atoms with Gasteiger partial charge in [0.1, 0.15) is 5.75 Å². The number of nitro groups is 1. The number of nitrogens with one attached hydrogen (secondary N) is 1. The van der Waals surface area contributed by atoms with Gasteiger partial charge in [0, 0.05) is 17.7 Å². The lowest BCUT2D eigenvalue weighted by Gasteiger charge is -2.06. The number of benzene rings is 2. The van der Waals surface area contributed by atoms with Gasteiger partial charge in [0.2, 0.25) is 0 Å². The summed E-state index contributed by atoms with van der Waals surface area (Å²) in [4.78, 5) is 37.9. The number of carbonyl (C=O) groups excluding carboxylic acids is 1. The molecule has 11 heteroatoms. The number of aliphatic carboxylic acids is 1. The van der Waals surface area contributed by atoms with Crippen LogP contribution in [0, 0.1) is 10.1 Å². The summed E-state index contributed by atoms with van der Waals surface area (Å²) in [6.07, 6.45) is 1.57. The maximum Gasteiger partial charge on any atom is 0.341 e. The largest absolute Gasteiger partial charge is 0.481 e. The number of hydrogen-bond donors (Lipinski definition) is 2. The number of non-ortho nitro benzene ring substituents is 1. The summed E-state index contributed by atoms with van der Waals surface area (Å²) in [5.74, 6) is -1.15. The molecule has 0 bridgehead atoms. The number of thioether (sulfide) groups is 1. The van der Waals surface area contributed by atoms with Crippen molar-refractivity contribution >= 4 is 62.2 Å². The van der Waals surface area contributed by atoms with Crippen LogP contribution in [0.2, 0.25) is 0 Å². The first kappa shape index (κ1) is 20.6. The van der Waals surface area contributed by atoms with E-state index in [0.717, 1.165) is 11.8 Å². The second-order valence-electron chi connectivity index (χ2n) is 5.59. The number of nitrogens with zero attached hydrogens (tertiary/aromatic N) is 2. The number of carboxylic acids is 1. The first-order chi connectivity index (χ1) is 13.8. The monoisotopic (exact) mass is 477 g/mol. The zero-order valence-corrected chi connectivity index (χ0v) is 16.9. The zero-order chi connectivity index (χ0) is 21.0. The summed E-state index contributed by atoms with van der Waals surface area (Å²) < 4.78 is 5.65. The highest BCUT2D eigenvalue weighted by Crippen LogP contribution is 2.34. The Hall–Kier alpha value is -3.18. The molecule has 0 atom stereocenters. The Morgan fingerprint density at radius 2 is 2.10 bits per heavy atom. The van der Waals surface area contributed by atoms with E-state index in [0.29, 0.717) is 31.5 Å². The fraction of sp³-hybridized carbons (Fsp3) is 0.0556. The fourth-order valence-electron chi connectivity index (χ4n) is 2.30. The van der Waals surface area contributed by atoms with E-state index in [1.54, 1.807) is 30.3 Å². The van der Waals surface area contributed by atoms with Crippen LogP contribution in [-0.4, -0.2) is 33.7 Å². The van der Waals surface area contributed by atoms with Crippen LogP contribution < -0.4 is 10.1 Å². The lowest BCUT2D eigenvalue weighted by molar-refractivity contribution is -0.384. The van der Waals surface area contributed by atoms with Crippen LogP contribution >= 0.6 is 27.7 Å². The maximum absolute atomic E-state index is 12.3. The molecule has 1 saturated heterocycles. The van der Waals surface area contributed by atoms with E-state index in [2.05, 4.69) is 26.2 Å². The highest BCUT2D eigenvalue weighted by Gasteiger charge is 2.24. The lowest BCUT2D eigenvalue weighted by Crippen LogP contribution is -2.19. The van der Waals surface area contributed by atoms with Crippen LogP contribution in [-0.2, 0) is 9.59 Å². The maximum atomic E-state index is 12.3. The van der Waals surface area contributed by atoms with E-state index in [1.807, 2.05) is 0 Å². The predicted octanol–water partition coefficient (Wildman–Crippen LogP) is 3.71. The quantitative estimate of drug-likeness (QED) is 0.368. The highest BCUT2D eigenvalue weighted by molar-refractivity contribution is 9.10. The second-order valence-corrected chi connectivity index (χ2v) is 7.48. The van der Waals surface area contributed by atoms with Gasteiger partial charge in [-0.05, 0) is 45.9 Å². The van der Waals surface area contributed by atoms with Gasteiger partial charge in [-0.25, -0.2) is 9.79 Å². The van der Waals surface area contributed by atoms with Crippen LogP contribution in [0.5, 0.6) is 5.75 Å². The van der Waals surface area contributed by atoms with E-state index in [9.17, 15) is 19.7 Å². The van der Waals surface area contributed by atoms with Gasteiger partial charge in [0.15, 0.2) is 11.8 Å². The van der Waals surface area contributed by atoms with E-state index < -0.39 is 17.5 Å². The average molecular weight is 478 g/mol. The normalized spacial score (nSPS) is 16.1.